The molecule has 2 aromatic carbocycles. The summed E-state index contributed by atoms with van der Waals surface area (Å²) in [5.41, 5.74) is 3.11. The molecular weight excluding hydrogens is 453 g/mol. The second-order valence-electron chi connectivity index (χ2n) is 5.11. The van der Waals surface area contributed by atoms with Gasteiger partial charge in [-0.15, -0.1) is 10.2 Å². The molecule has 0 aliphatic carbocycles. The summed E-state index contributed by atoms with van der Waals surface area (Å²) >= 11 is 5.19. The third kappa shape index (κ3) is 4.78. The molecule has 0 radical (unpaired) electrons. The summed E-state index contributed by atoms with van der Waals surface area (Å²) in [4.78, 5) is 12.2. The van der Waals surface area contributed by atoms with E-state index in [1.807, 2.05) is 18.2 Å². The highest BCUT2D eigenvalue weighted by Crippen LogP contribution is 2.28. The van der Waals surface area contributed by atoms with Crippen LogP contribution in [0.25, 0.3) is 0 Å². The van der Waals surface area contributed by atoms with E-state index >= 15 is 0 Å². The van der Waals surface area contributed by atoms with Gasteiger partial charge in [0.15, 0.2) is 4.34 Å². The van der Waals surface area contributed by atoms with Crippen LogP contribution in [0.4, 0.5) is 5.13 Å². The van der Waals surface area contributed by atoms with Crippen LogP contribution >= 0.6 is 45.7 Å². The van der Waals surface area contributed by atoms with Crippen LogP contribution in [0.1, 0.15) is 21.5 Å². The van der Waals surface area contributed by atoms with Crippen molar-refractivity contribution >= 4 is 56.7 Å². The van der Waals surface area contributed by atoms with Gasteiger partial charge in [-0.3, -0.25) is 10.1 Å². The summed E-state index contributed by atoms with van der Waals surface area (Å²) in [6, 6.07) is 15.9. The number of aromatic nitrogens is 2. The van der Waals surface area contributed by atoms with Gasteiger partial charge in [0.1, 0.15) is 0 Å². The fraction of sp³-hybridized carbons (Fsp3) is 0.118. The molecule has 1 amide bonds. The normalized spacial score (nSPS) is 10.6. The molecule has 1 aromatic heterocycles. The quantitative estimate of drug-likeness (QED) is 0.326. The van der Waals surface area contributed by atoms with Crippen LogP contribution in [0.3, 0.4) is 0 Å². The molecule has 0 bridgehead atoms. The van der Waals surface area contributed by atoms with Crippen molar-refractivity contribution in [1.82, 2.24) is 10.2 Å². The molecule has 0 unspecified atom stereocenters. The molecule has 0 fully saturated rings. The van der Waals surface area contributed by atoms with Crippen LogP contribution in [0.15, 0.2) is 52.9 Å². The van der Waals surface area contributed by atoms with E-state index in [1.54, 1.807) is 17.8 Å². The Kier molecular flexibility index (Phi) is 5.85. The van der Waals surface area contributed by atoms with Crippen molar-refractivity contribution < 1.29 is 4.79 Å². The molecule has 0 aliphatic heterocycles. The number of benzene rings is 2. The summed E-state index contributed by atoms with van der Waals surface area (Å²) in [5.74, 6) is 0.666. The van der Waals surface area contributed by atoms with Gasteiger partial charge < -0.3 is 0 Å². The number of amides is 1. The van der Waals surface area contributed by atoms with Crippen LogP contribution < -0.4 is 5.32 Å². The Labute approximate surface area is 162 Å². The Bertz CT molecular complexity index is 849. The fourth-order valence-electron chi connectivity index (χ4n) is 1.95. The molecule has 122 valence electrons. The second-order valence-corrected chi connectivity index (χ2v) is 8.56. The Morgan fingerprint density at radius 2 is 2.00 bits per heavy atom. The number of thioether (sulfide) groups is 1. The number of carbonyl (C=O) groups is 1. The Balaban J connectivity index is 1.59. The lowest BCUT2D eigenvalue weighted by atomic mass is 10.2. The predicted octanol–water partition coefficient (Wildman–Crippen LogP) is 5.00. The van der Waals surface area contributed by atoms with E-state index in [4.69, 9.17) is 0 Å². The number of hydrogen-bond acceptors (Lipinski definition) is 5. The molecule has 0 spiro atoms. The highest BCUT2D eigenvalue weighted by Gasteiger charge is 2.11. The molecular formula is C17H14IN3OS2. The number of hydrogen-bond donors (Lipinski definition) is 1. The van der Waals surface area contributed by atoms with Crippen molar-refractivity contribution in [3.63, 3.8) is 0 Å². The lowest BCUT2D eigenvalue weighted by Crippen LogP contribution is -2.11. The van der Waals surface area contributed by atoms with Gasteiger partial charge in [-0.2, -0.15) is 0 Å². The van der Waals surface area contributed by atoms with Crippen molar-refractivity contribution in [2.45, 2.75) is 17.0 Å². The van der Waals surface area contributed by atoms with Crippen molar-refractivity contribution in [2.75, 3.05) is 5.32 Å². The Morgan fingerprint density at radius 3 is 2.75 bits per heavy atom. The Morgan fingerprint density at radius 1 is 1.21 bits per heavy atom. The molecule has 0 aliphatic rings. The van der Waals surface area contributed by atoms with Crippen LogP contribution in [0, 0.1) is 10.5 Å². The second kappa shape index (κ2) is 8.09. The van der Waals surface area contributed by atoms with E-state index in [9.17, 15) is 4.79 Å². The third-order valence-electron chi connectivity index (χ3n) is 3.20. The minimum atomic E-state index is -0.167. The minimum absolute atomic E-state index is 0.167. The first-order valence-corrected chi connectivity index (χ1v) is 10.1. The van der Waals surface area contributed by atoms with Crippen molar-refractivity contribution in [2.24, 2.45) is 0 Å². The van der Waals surface area contributed by atoms with Gasteiger partial charge in [0, 0.05) is 14.9 Å². The van der Waals surface area contributed by atoms with Gasteiger partial charge in [0.25, 0.3) is 5.91 Å². The maximum absolute atomic E-state index is 12.2. The number of nitrogens with zero attached hydrogens (tertiary/aromatic N) is 2. The van der Waals surface area contributed by atoms with Gasteiger partial charge in [0.05, 0.1) is 0 Å². The highest BCUT2D eigenvalue weighted by atomic mass is 127. The van der Waals surface area contributed by atoms with E-state index < -0.39 is 0 Å². The van der Waals surface area contributed by atoms with E-state index in [-0.39, 0.29) is 5.91 Å². The maximum Gasteiger partial charge on any atom is 0.257 e. The van der Waals surface area contributed by atoms with Gasteiger partial charge in [-0.05, 0) is 53.3 Å². The number of rotatable bonds is 5. The van der Waals surface area contributed by atoms with Crippen LogP contribution in [-0.4, -0.2) is 16.1 Å². The van der Waals surface area contributed by atoms with Crippen molar-refractivity contribution in [1.29, 1.82) is 0 Å². The van der Waals surface area contributed by atoms with Gasteiger partial charge in [-0.1, -0.05) is 59.0 Å². The topological polar surface area (TPSA) is 54.9 Å². The molecule has 0 saturated heterocycles. The molecule has 3 aromatic rings. The summed E-state index contributed by atoms with van der Waals surface area (Å²) < 4.78 is 1.86. The molecule has 4 nitrogen and oxygen atoms in total. The highest BCUT2D eigenvalue weighted by molar-refractivity contribution is 14.1. The largest absolute Gasteiger partial charge is 0.296 e. The molecule has 3 rings (SSSR count). The van der Waals surface area contributed by atoms with Crippen LogP contribution in [0.5, 0.6) is 0 Å². The Hall–Kier alpha value is -1.45. The van der Waals surface area contributed by atoms with E-state index in [0.717, 1.165) is 13.7 Å². The van der Waals surface area contributed by atoms with Gasteiger partial charge in [0.2, 0.25) is 5.13 Å². The summed E-state index contributed by atoms with van der Waals surface area (Å²) in [6.45, 7) is 2.07. The van der Waals surface area contributed by atoms with Crippen molar-refractivity contribution in [3.8, 4) is 0 Å². The monoisotopic (exact) mass is 467 g/mol. The molecule has 1 N–H and O–H groups in total. The molecule has 24 heavy (non-hydrogen) atoms. The molecule has 0 atom stereocenters. The van der Waals surface area contributed by atoms with Crippen molar-refractivity contribution in [3.05, 3.63) is 68.8 Å². The lowest BCUT2D eigenvalue weighted by Gasteiger charge is -2.01. The first-order valence-electron chi connectivity index (χ1n) is 7.19. The zero-order valence-corrected chi connectivity index (χ0v) is 16.6. The zero-order valence-electron chi connectivity index (χ0n) is 12.8. The van der Waals surface area contributed by atoms with E-state index in [0.29, 0.717) is 10.7 Å². The number of carbonyl (C=O) groups excluding carboxylic acids is 1. The van der Waals surface area contributed by atoms with Gasteiger partial charge >= 0.3 is 0 Å². The fourth-order valence-corrected chi connectivity index (χ4v) is 4.19. The van der Waals surface area contributed by atoms with Crippen LogP contribution in [0.2, 0.25) is 0 Å². The molecule has 7 heteroatoms. The zero-order chi connectivity index (χ0) is 16.9. The van der Waals surface area contributed by atoms with Crippen LogP contribution in [-0.2, 0) is 5.75 Å². The standard InChI is InChI=1S/C17H14IN3OS2/c1-11-5-7-12(8-6-11)10-23-17-21-20-16(24-17)19-15(22)13-3-2-4-14(18)9-13/h2-9H,10H2,1H3,(H,19,20,22). The number of anilines is 1. The number of halogens is 1. The SMILES string of the molecule is Cc1ccc(CSc2nnc(NC(=O)c3cccc(I)c3)s2)cc1. The summed E-state index contributed by atoms with van der Waals surface area (Å²) in [6.07, 6.45) is 0. The maximum atomic E-state index is 12.2. The van der Waals surface area contributed by atoms with E-state index in [2.05, 4.69) is 69.3 Å². The lowest BCUT2D eigenvalue weighted by molar-refractivity contribution is 0.102. The first-order chi connectivity index (χ1) is 11.6. The minimum Gasteiger partial charge on any atom is -0.296 e. The predicted molar refractivity (Wildman–Crippen MR) is 108 cm³/mol. The average Bonchev–Trinajstić information content (AvgIpc) is 3.02. The first kappa shape index (κ1) is 17.4. The summed E-state index contributed by atoms with van der Waals surface area (Å²) in [5, 5.41) is 11.5. The smallest absolute Gasteiger partial charge is 0.257 e. The van der Waals surface area contributed by atoms with E-state index in [1.165, 1.54) is 22.5 Å². The number of aryl methyl sites for hydroxylation is 1. The molecule has 1 heterocycles. The number of nitrogens with one attached hydrogen (secondary N) is 1. The summed E-state index contributed by atoms with van der Waals surface area (Å²) in [7, 11) is 0. The molecule has 0 saturated carbocycles. The third-order valence-corrected chi connectivity index (χ3v) is 5.91. The van der Waals surface area contributed by atoms with Gasteiger partial charge in [-0.25, -0.2) is 0 Å². The average molecular weight is 467 g/mol.